The van der Waals surface area contributed by atoms with E-state index in [1.54, 1.807) is 0 Å². The second kappa shape index (κ2) is 9.47. The third-order valence-electron chi connectivity index (χ3n) is 4.24. The number of benzene rings is 3. The minimum absolute atomic E-state index is 0.131. The van der Waals surface area contributed by atoms with Gasteiger partial charge in [-0.3, -0.25) is 9.36 Å². The van der Waals surface area contributed by atoms with Crippen molar-refractivity contribution >= 4 is 50.9 Å². The lowest BCUT2D eigenvalue weighted by Crippen LogP contribution is -2.15. The number of nitrogens with zero attached hydrogens (tertiary/aromatic N) is 3. The van der Waals surface area contributed by atoms with Gasteiger partial charge in [-0.05, 0) is 52.3 Å². The molecule has 0 radical (unpaired) electrons. The number of rotatable bonds is 6. The summed E-state index contributed by atoms with van der Waals surface area (Å²) in [6.45, 7) is 0. The Morgan fingerprint density at radius 2 is 1.67 bits per heavy atom. The van der Waals surface area contributed by atoms with Gasteiger partial charge in [0.1, 0.15) is 0 Å². The number of amides is 1. The molecule has 0 aliphatic carbocycles. The molecule has 0 aliphatic heterocycles. The van der Waals surface area contributed by atoms with Crippen molar-refractivity contribution in [2.75, 3.05) is 11.1 Å². The van der Waals surface area contributed by atoms with Crippen LogP contribution in [0.15, 0.2) is 88.5 Å². The number of aromatic nitrogens is 3. The van der Waals surface area contributed by atoms with Gasteiger partial charge in [0.25, 0.3) is 0 Å². The molecule has 0 bridgehead atoms. The number of carbonyl (C=O) groups excluding carboxylic acids is 1. The summed E-state index contributed by atoms with van der Waals surface area (Å²) in [7, 11) is 0. The largest absolute Gasteiger partial charge is 0.324 e. The summed E-state index contributed by atoms with van der Waals surface area (Å²) in [5.74, 6) is 0.684. The Morgan fingerprint density at radius 1 is 0.967 bits per heavy atom. The fourth-order valence-corrected chi connectivity index (χ4v) is 4.23. The van der Waals surface area contributed by atoms with Crippen molar-refractivity contribution in [2.45, 2.75) is 5.16 Å². The van der Waals surface area contributed by atoms with E-state index < -0.39 is 0 Å². The molecule has 0 spiro atoms. The van der Waals surface area contributed by atoms with E-state index >= 15 is 0 Å². The lowest BCUT2D eigenvalue weighted by Gasteiger charge is -2.11. The maximum absolute atomic E-state index is 12.5. The molecule has 0 saturated carbocycles. The topological polar surface area (TPSA) is 59.8 Å². The van der Waals surface area contributed by atoms with E-state index in [1.165, 1.54) is 11.8 Å². The molecule has 150 valence electrons. The monoisotopic (exact) mass is 498 g/mol. The zero-order valence-corrected chi connectivity index (χ0v) is 18.8. The Kier molecular flexibility index (Phi) is 6.52. The Hall–Kier alpha value is -2.61. The molecule has 1 N–H and O–H groups in total. The first-order chi connectivity index (χ1) is 14.6. The Labute approximate surface area is 191 Å². The highest BCUT2D eigenvalue weighted by Gasteiger charge is 2.19. The third kappa shape index (κ3) is 4.59. The van der Waals surface area contributed by atoms with Crippen LogP contribution in [-0.4, -0.2) is 26.4 Å². The van der Waals surface area contributed by atoms with E-state index in [1.807, 2.05) is 83.4 Å². The predicted molar refractivity (Wildman–Crippen MR) is 125 cm³/mol. The molecule has 0 atom stereocenters. The molecule has 0 saturated heterocycles. The zero-order chi connectivity index (χ0) is 20.9. The van der Waals surface area contributed by atoms with Crippen molar-refractivity contribution < 1.29 is 4.79 Å². The quantitative estimate of drug-likeness (QED) is 0.327. The van der Waals surface area contributed by atoms with Gasteiger partial charge in [0.15, 0.2) is 11.0 Å². The first-order valence-corrected chi connectivity index (χ1v) is 11.2. The normalized spacial score (nSPS) is 10.7. The molecule has 3 aromatic carbocycles. The second-order valence-corrected chi connectivity index (χ2v) is 8.48. The molecule has 1 heterocycles. The van der Waals surface area contributed by atoms with Crippen molar-refractivity contribution in [1.29, 1.82) is 0 Å². The summed E-state index contributed by atoms with van der Waals surface area (Å²) in [5, 5.41) is 12.8. The average molecular weight is 500 g/mol. The minimum atomic E-state index is -0.131. The van der Waals surface area contributed by atoms with E-state index in [-0.39, 0.29) is 11.7 Å². The maximum Gasteiger partial charge on any atom is 0.234 e. The lowest BCUT2D eigenvalue weighted by atomic mass is 10.2. The van der Waals surface area contributed by atoms with Gasteiger partial charge in [-0.25, -0.2) is 0 Å². The summed E-state index contributed by atoms with van der Waals surface area (Å²) >= 11 is 11.2. The van der Waals surface area contributed by atoms with Crippen molar-refractivity contribution in [3.05, 3.63) is 88.4 Å². The van der Waals surface area contributed by atoms with Gasteiger partial charge in [0, 0.05) is 15.7 Å². The van der Waals surface area contributed by atoms with Crippen LogP contribution in [0.4, 0.5) is 5.69 Å². The molecule has 0 fully saturated rings. The standard InChI is InChI=1S/C22H16BrClN4OS/c23-17-11-5-7-13-19(17)25-20(29)14-30-22-27-26-21(16-10-4-6-12-18(16)24)28(22)15-8-2-1-3-9-15/h1-13H,14H2,(H,25,29). The van der Waals surface area contributed by atoms with Gasteiger partial charge < -0.3 is 5.32 Å². The molecule has 30 heavy (non-hydrogen) atoms. The van der Waals surface area contributed by atoms with Gasteiger partial charge in [0.05, 0.1) is 16.5 Å². The molecule has 8 heteroatoms. The number of thioether (sulfide) groups is 1. The van der Waals surface area contributed by atoms with E-state index in [0.717, 1.165) is 21.4 Å². The zero-order valence-electron chi connectivity index (χ0n) is 15.6. The van der Waals surface area contributed by atoms with Gasteiger partial charge in [-0.2, -0.15) is 0 Å². The Balaban J connectivity index is 1.61. The lowest BCUT2D eigenvalue weighted by molar-refractivity contribution is -0.113. The second-order valence-electron chi connectivity index (χ2n) is 6.27. The number of anilines is 1. The minimum Gasteiger partial charge on any atom is -0.324 e. The smallest absolute Gasteiger partial charge is 0.234 e. The van der Waals surface area contributed by atoms with Crippen LogP contribution in [0.3, 0.4) is 0 Å². The van der Waals surface area contributed by atoms with Crippen LogP contribution in [-0.2, 0) is 4.79 Å². The van der Waals surface area contributed by atoms with Crippen LogP contribution in [0.25, 0.3) is 17.1 Å². The van der Waals surface area contributed by atoms with Crippen LogP contribution >= 0.6 is 39.3 Å². The van der Waals surface area contributed by atoms with Crippen LogP contribution < -0.4 is 5.32 Å². The van der Waals surface area contributed by atoms with Crippen LogP contribution in [0.2, 0.25) is 5.02 Å². The van der Waals surface area contributed by atoms with Crippen molar-refractivity contribution in [2.24, 2.45) is 0 Å². The average Bonchev–Trinajstić information content (AvgIpc) is 3.18. The highest BCUT2D eigenvalue weighted by Crippen LogP contribution is 2.32. The Morgan fingerprint density at radius 3 is 2.43 bits per heavy atom. The van der Waals surface area contributed by atoms with Gasteiger partial charge >= 0.3 is 0 Å². The molecule has 5 nitrogen and oxygen atoms in total. The molecule has 1 amide bonds. The van der Waals surface area contributed by atoms with Crippen LogP contribution in [0, 0.1) is 0 Å². The SMILES string of the molecule is O=C(CSc1nnc(-c2ccccc2Cl)n1-c1ccccc1)Nc1ccccc1Br. The fourth-order valence-electron chi connectivity index (χ4n) is 2.87. The van der Waals surface area contributed by atoms with E-state index in [0.29, 0.717) is 16.0 Å². The summed E-state index contributed by atoms with van der Waals surface area (Å²) in [4.78, 5) is 12.5. The van der Waals surface area contributed by atoms with E-state index in [9.17, 15) is 4.79 Å². The number of nitrogens with one attached hydrogen (secondary N) is 1. The first kappa shape index (κ1) is 20.7. The highest BCUT2D eigenvalue weighted by molar-refractivity contribution is 9.10. The Bertz CT molecular complexity index is 1180. The summed E-state index contributed by atoms with van der Waals surface area (Å²) in [6, 6.07) is 24.8. The molecule has 1 aromatic heterocycles. The molecular formula is C22H16BrClN4OS. The van der Waals surface area contributed by atoms with E-state index in [4.69, 9.17) is 11.6 Å². The molecule has 4 rings (SSSR count). The fraction of sp³-hybridized carbons (Fsp3) is 0.0455. The third-order valence-corrected chi connectivity index (χ3v) is 6.19. The van der Waals surface area contributed by atoms with Gasteiger partial charge in [0.2, 0.25) is 5.91 Å². The number of halogens is 2. The number of para-hydroxylation sites is 2. The van der Waals surface area contributed by atoms with Crippen LogP contribution in [0.5, 0.6) is 0 Å². The first-order valence-electron chi connectivity index (χ1n) is 9.06. The molecular weight excluding hydrogens is 484 g/mol. The maximum atomic E-state index is 12.5. The van der Waals surface area contributed by atoms with Crippen molar-refractivity contribution in [3.63, 3.8) is 0 Å². The number of hydrogen-bond donors (Lipinski definition) is 1. The summed E-state index contributed by atoms with van der Waals surface area (Å²) in [6.07, 6.45) is 0. The van der Waals surface area contributed by atoms with Gasteiger partial charge in [-0.15, -0.1) is 10.2 Å². The van der Waals surface area contributed by atoms with Crippen molar-refractivity contribution in [1.82, 2.24) is 14.8 Å². The molecule has 0 unspecified atom stereocenters. The summed E-state index contributed by atoms with van der Waals surface area (Å²) in [5.41, 5.74) is 2.40. The van der Waals surface area contributed by atoms with Crippen molar-refractivity contribution in [3.8, 4) is 17.1 Å². The molecule has 4 aromatic rings. The van der Waals surface area contributed by atoms with Crippen LogP contribution in [0.1, 0.15) is 0 Å². The summed E-state index contributed by atoms with van der Waals surface area (Å²) < 4.78 is 2.74. The number of carbonyl (C=O) groups is 1. The molecule has 0 aliphatic rings. The van der Waals surface area contributed by atoms with E-state index in [2.05, 4.69) is 31.4 Å². The predicted octanol–water partition coefficient (Wildman–Crippen LogP) is 6.08. The number of hydrogen-bond acceptors (Lipinski definition) is 4. The highest BCUT2D eigenvalue weighted by atomic mass is 79.9. The van der Waals surface area contributed by atoms with Gasteiger partial charge in [-0.1, -0.05) is 65.8 Å².